The molecule has 0 fully saturated rings. The molecule has 4 rings (SSSR count). The highest BCUT2D eigenvalue weighted by atomic mass is 32.2. The molecule has 0 bridgehead atoms. The zero-order valence-electron chi connectivity index (χ0n) is 19.2. The summed E-state index contributed by atoms with van der Waals surface area (Å²) in [6.07, 6.45) is -1.67. The Labute approximate surface area is 206 Å². The first-order valence-electron chi connectivity index (χ1n) is 11.3. The predicted octanol–water partition coefficient (Wildman–Crippen LogP) is 6.37. The van der Waals surface area contributed by atoms with Crippen LogP contribution in [0.4, 0.5) is 0 Å². The van der Waals surface area contributed by atoms with Crippen LogP contribution in [0.2, 0.25) is 0 Å². The molecule has 178 valence electrons. The molecule has 5 nitrogen and oxygen atoms in total. The van der Waals surface area contributed by atoms with Crippen LogP contribution in [-0.2, 0) is 19.0 Å². The Morgan fingerprint density at radius 3 is 1.57 bits per heavy atom. The number of esters is 1. The van der Waals surface area contributed by atoms with Crippen molar-refractivity contribution in [1.82, 2.24) is 0 Å². The molecular formula is C29H26O5S. The van der Waals surface area contributed by atoms with Crippen LogP contribution in [0.3, 0.4) is 0 Å². The third-order valence-corrected chi connectivity index (χ3v) is 7.03. The van der Waals surface area contributed by atoms with E-state index in [1.807, 2.05) is 73.7 Å². The normalized spacial score (nSPS) is 14.0. The number of benzene rings is 4. The van der Waals surface area contributed by atoms with Crippen molar-refractivity contribution in [3.8, 4) is 0 Å². The van der Waals surface area contributed by atoms with Gasteiger partial charge in [0.2, 0.25) is 0 Å². The smallest absolute Gasteiger partial charge is 0.338 e. The monoisotopic (exact) mass is 486 g/mol. The second-order valence-corrected chi connectivity index (χ2v) is 9.73. The van der Waals surface area contributed by atoms with Crippen molar-refractivity contribution in [1.29, 1.82) is 0 Å². The maximum Gasteiger partial charge on any atom is 0.338 e. The first-order valence-corrected chi connectivity index (χ1v) is 12.7. The molecular weight excluding hydrogens is 460 g/mol. The van der Waals surface area contributed by atoms with E-state index in [2.05, 4.69) is 0 Å². The van der Waals surface area contributed by atoms with Crippen LogP contribution >= 0.6 is 0 Å². The SMILES string of the molecule is CC(C(OC(=O)c1ccccc1)c1ccccc1)C(OS(=O)(=O)c1ccccc1)c1ccccc1. The fourth-order valence-electron chi connectivity index (χ4n) is 3.91. The minimum absolute atomic E-state index is 0.0608. The Morgan fingerprint density at radius 2 is 1.06 bits per heavy atom. The number of hydrogen-bond acceptors (Lipinski definition) is 5. The van der Waals surface area contributed by atoms with E-state index in [4.69, 9.17) is 8.92 Å². The van der Waals surface area contributed by atoms with Gasteiger partial charge in [0.25, 0.3) is 10.1 Å². The maximum atomic E-state index is 13.2. The van der Waals surface area contributed by atoms with Crippen molar-refractivity contribution in [2.24, 2.45) is 5.92 Å². The summed E-state index contributed by atoms with van der Waals surface area (Å²) in [4.78, 5) is 13.1. The largest absolute Gasteiger partial charge is 0.453 e. The second kappa shape index (κ2) is 11.1. The van der Waals surface area contributed by atoms with Crippen LogP contribution in [0, 0.1) is 5.92 Å². The van der Waals surface area contributed by atoms with E-state index in [9.17, 15) is 13.2 Å². The highest BCUT2D eigenvalue weighted by Gasteiger charge is 2.35. The molecule has 3 unspecified atom stereocenters. The number of ether oxygens (including phenoxy) is 1. The van der Waals surface area contributed by atoms with Gasteiger partial charge in [0.15, 0.2) is 0 Å². The summed E-state index contributed by atoms with van der Waals surface area (Å²) in [5.41, 5.74) is 1.82. The van der Waals surface area contributed by atoms with E-state index in [1.54, 1.807) is 42.5 Å². The van der Waals surface area contributed by atoms with Gasteiger partial charge in [0, 0.05) is 5.92 Å². The summed E-state index contributed by atoms with van der Waals surface area (Å²) in [6.45, 7) is 1.83. The third-order valence-electron chi connectivity index (χ3n) is 5.72. The molecule has 0 saturated carbocycles. The van der Waals surface area contributed by atoms with Crippen LogP contribution in [-0.4, -0.2) is 14.4 Å². The molecule has 0 N–H and O–H groups in total. The van der Waals surface area contributed by atoms with Crippen LogP contribution < -0.4 is 0 Å². The molecule has 0 heterocycles. The summed E-state index contributed by atoms with van der Waals surface area (Å²) < 4.78 is 38.2. The standard InChI is InChI=1S/C29H26O5S/c1-22(27(23-14-6-2-7-15-23)33-29(30)25-18-10-4-11-19-25)28(24-16-8-3-9-17-24)34-35(31,32)26-20-12-5-13-21-26/h2-22,27-28H,1H3. The zero-order valence-corrected chi connectivity index (χ0v) is 20.0. The van der Waals surface area contributed by atoms with E-state index >= 15 is 0 Å². The second-order valence-electron chi connectivity index (χ2n) is 8.16. The summed E-state index contributed by atoms with van der Waals surface area (Å²) in [5, 5.41) is 0. The Morgan fingerprint density at radius 1 is 0.629 bits per heavy atom. The summed E-state index contributed by atoms with van der Waals surface area (Å²) in [5.74, 6) is -1.05. The van der Waals surface area contributed by atoms with Crippen LogP contribution in [0.1, 0.15) is 40.6 Å². The number of carbonyl (C=O) groups excluding carboxylic acids is 1. The highest BCUT2D eigenvalue weighted by Crippen LogP contribution is 2.39. The van der Waals surface area contributed by atoms with Crippen molar-refractivity contribution >= 4 is 16.1 Å². The topological polar surface area (TPSA) is 69.7 Å². The Balaban J connectivity index is 1.72. The molecule has 0 saturated heterocycles. The van der Waals surface area contributed by atoms with Gasteiger partial charge >= 0.3 is 5.97 Å². The molecule has 0 radical (unpaired) electrons. The van der Waals surface area contributed by atoms with Gasteiger partial charge in [-0.1, -0.05) is 104 Å². The van der Waals surface area contributed by atoms with E-state index in [-0.39, 0.29) is 4.90 Å². The Kier molecular flexibility index (Phi) is 7.75. The number of hydrogen-bond donors (Lipinski definition) is 0. The molecule has 0 amide bonds. The van der Waals surface area contributed by atoms with Gasteiger partial charge in [0.1, 0.15) is 12.2 Å². The van der Waals surface area contributed by atoms with E-state index in [0.717, 1.165) is 5.56 Å². The van der Waals surface area contributed by atoms with Gasteiger partial charge in [-0.2, -0.15) is 8.42 Å². The lowest BCUT2D eigenvalue weighted by Crippen LogP contribution is -2.26. The first-order chi connectivity index (χ1) is 17.0. The minimum atomic E-state index is -4.09. The van der Waals surface area contributed by atoms with Crippen LogP contribution in [0.15, 0.2) is 126 Å². The first kappa shape index (κ1) is 24.4. The Hall–Kier alpha value is -3.74. The summed E-state index contributed by atoms with van der Waals surface area (Å²) in [7, 11) is -4.09. The number of rotatable bonds is 9. The number of carbonyl (C=O) groups is 1. The third kappa shape index (κ3) is 6.04. The predicted molar refractivity (Wildman–Crippen MR) is 134 cm³/mol. The molecule has 0 aliphatic rings. The molecule has 4 aromatic carbocycles. The van der Waals surface area contributed by atoms with Crippen LogP contribution in [0.5, 0.6) is 0 Å². The molecule has 4 aromatic rings. The van der Waals surface area contributed by atoms with E-state index < -0.39 is 34.2 Å². The van der Waals surface area contributed by atoms with Gasteiger partial charge in [0.05, 0.1) is 10.5 Å². The van der Waals surface area contributed by atoms with Gasteiger partial charge in [-0.25, -0.2) is 4.79 Å². The minimum Gasteiger partial charge on any atom is -0.453 e. The quantitative estimate of drug-likeness (QED) is 0.203. The zero-order chi connectivity index (χ0) is 24.7. The molecule has 0 spiro atoms. The van der Waals surface area contributed by atoms with Gasteiger partial charge in [-0.3, -0.25) is 4.18 Å². The molecule has 0 aliphatic heterocycles. The fraction of sp³-hybridized carbons (Fsp3) is 0.138. The lowest BCUT2D eigenvalue weighted by atomic mass is 9.88. The van der Waals surface area contributed by atoms with Crippen molar-refractivity contribution in [3.63, 3.8) is 0 Å². The molecule has 6 heteroatoms. The highest BCUT2D eigenvalue weighted by molar-refractivity contribution is 7.86. The lowest BCUT2D eigenvalue weighted by Gasteiger charge is -2.31. The fourth-order valence-corrected chi connectivity index (χ4v) is 5.07. The molecule has 0 aromatic heterocycles. The van der Waals surface area contributed by atoms with E-state index in [0.29, 0.717) is 11.1 Å². The van der Waals surface area contributed by atoms with Crippen LogP contribution in [0.25, 0.3) is 0 Å². The maximum absolute atomic E-state index is 13.2. The molecule has 35 heavy (non-hydrogen) atoms. The Bertz CT molecular complexity index is 1330. The summed E-state index contributed by atoms with van der Waals surface area (Å²) >= 11 is 0. The van der Waals surface area contributed by atoms with Crippen molar-refractivity contribution < 1.29 is 22.1 Å². The van der Waals surface area contributed by atoms with Crippen molar-refractivity contribution in [3.05, 3.63) is 138 Å². The average molecular weight is 487 g/mol. The van der Waals surface area contributed by atoms with Gasteiger partial charge in [-0.15, -0.1) is 0 Å². The van der Waals surface area contributed by atoms with Crippen molar-refractivity contribution in [2.75, 3.05) is 0 Å². The van der Waals surface area contributed by atoms with Gasteiger partial charge < -0.3 is 4.74 Å². The summed E-state index contributed by atoms with van der Waals surface area (Å²) in [6, 6.07) is 35.1. The van der Waals surface area contributed by atoms with Gasteiger partial charge in [-0.05, 0) is 35.4 Å². The van der Waals surface area contributed by atoms with E-state index in [1.165, 1.54) is 12.1 Å². The van der Waals surface area contributed by atoms with Crippen molar-refractivity contribution in [2.45, 2.75) is 24.0 Å². The average Bonchev–Trinajstić information content (AvgIpc) is 2.92. The lowest BCUT2D eigenvalue weighted by molar-refractivity contribution is -0.00796. The molecule has 0 aliphatic carbocycles. The molecule has 3 atom stereocenters.